The molecule has 1 fully saturated rings. The highest BCUT2D eigenvalue weighted by atomic mass is 28.4. The van der Waals surface area contributed by atoms with Crippen LogP contribution in [-0.4, -0.2) is 71.4 Å². The van der Waals surface area contributed by atoms with Gasteiger partial charge < -0.3 is 18.8 Å². The van der Waals surface area contributed by atoms with Gasteiger partial charge in [-0.25, -0.2) is 0 Å². The average molecular weight is 751 g/mol. The summed E-state index contributed by atoms with van der Waals surface area (Å²) in [4.78, 5) is 65.9. The number of phenolic OH excluding ortho intramolecular Hbond substituents is 1. The average Bonchev–Trinajstić information content (AvgIpc) is 3.52. The molecule has 12 nitrogen and oxygen atoms in total. The fraction of sp³-hybridized carbons (Fsp3) is 0.415. The van der Waals surface area contributed by atoms with Crippen LogP contribution in [0.5, 0.6) is 11.6 Å². The van der Waals surface area contributed by atoms with Crippen LogP contribution in [0.15, 0.2) is 71.5 Å². The highest BCUT2D eigenvalue weighted by molar-refractivity contribution is 6.74. The summed E-state index contributed by atoms with van der Waals surface area (Å²) < 4.78 is 19.2. The van der Waals surface area contributed by atoms with Gasteiger partial charge in [0.25, 0.3) is 5.88 Å². The molecule has 1 amide bonds. The fourth-order valence-electron chi connectivity index (χ4n) is 8.32. The van der Waals surface area contributed by atoms with Crippen molar-refractivity contribution in [1.29, 1.82) is 0 Å². The first-order valence-corrected chi connectivity index (χ1v) is 21.1. The Kier molecular flexibility index (Phi) is 9.26. The Hall–Kier alpha value is -4.98. The fourth-order valence-corrected chi connectivity index (χ4v) is 9.78. The predicted octanol–water partition coefficient (Wildman–Crippen LogP) is 6.86. The molecule has 1 N–H and O–H groups in total. The molecule has 3 aliphatic rings. The number of aromatic hydroxyl groups is 1. The highest BCUT2D eigenvalue weighted by Crippen LogP contribution is 2.59. The molecule has 7 rings (SSSR count). The number of pyridine rings is 1. The Morgan fingerprint density at radius 2 is 1.70 bits per heavy atom. The molecule has 2 aromatic heterocycles. The number of fused-ring (bicyclic) bond motifs is 4. The van der Waals surface area contributed by atoms with Crippen LogP contribution in [0, 0.1) is 17.8 Å². The van der Waals surface area contributed by atoms with Gasteiger partial charge in [-0.3, -0.25) is 34.0 Å². The molecule has 3 aliphatic carbocycles. The van der Waals surface area contributed by atoms with E-state index in [1.54, 1.807) is 30.6 Å². The van der Waals surface area contributed by atoms with E-state index in [0.717, 1.165) is 5.56 Å². The summed E-state index contributed by atoms with van der Waals surface area (Å²) in [6.45, 7) is 11.6. The predicted molar refractivity (Wildman–Crippen MR) is 202 cm³/mol. The SMILES string of the molecule is CC(=O)N(c1ccncc1)c1cc(O)c2c(c1)C[C@H]1C[C@H]3[C@H](N(C)C)c4onc(OCc5ccccc5)c4C(=O)[C@@]3(O[Si](C)(C)C(C)(C)C)C(=O)C1C2=O. The van der Waals surface area contributed by atoms with Crippen LogP contribution < -0.4 is 9.64 Å². The lowest BCUT2D eigenvalue weighted by molar-refractivity contribution is -0.151. The number of aromatic nitrogens is 2. The third-order valence-electron chi connectivity index (χ3n) is 11.8. The van der Waals surface area contributed by atoms with Crippen molar-refractivity contribution in [1.82, 2.24) is 15.0 Å². The summed E-state index contributed by atoms with van der Waals surface area (Å²) in [5, 5.41) is 15.3. The Morgan fingerprint density at radius 3 is 2.33 bits per heavy atom. The minimum absolute atomic E-state index is 0.0116. The molecule has 0 spiro atoms. The molecule has 0 bridgehead atoms. The molecule has 5 atom stereocenters. The van der Waals surface area contributed by atoms with E-state index in [9.17, 15) is 14.7 Å². The monoisotopic (exact) mass is 750 g/mol. The number of hydrogen-bond acceptors (Lipinski definition) is 11. The molecule has 0 aliphatic heterocycles. The zero-order chi connectivity index (χ0) is 38.9. The maximum absolute atomic E-state index is 15.5. The molecule has 282 valence electrons. The summed E-state index contributed by atoms with van der Waals surface area (Å²) in [5.41, 5.74) is 0.287. The van der Waals surface area contributed by atoms with Gasteiger partial charge in [0, 0.05) is 31.3 Å². The number of phenols is 1. The van der Waals surface area contributed by atoms with Gasteiger partial charge >= 0.3 is 0 Å². The number of ketones is 3. The summed E-state index contributed by atoms with van der Waals surface area (Å²) in [6, 6.07) is 15.3. The van der Waals surface area contributed by atoms with E-state index in [2.05, 4.69) is 10.1 Å². The van der Waals surface area contributed by atoms with Gasteiger partial charge in [-0.2, -0.15) is 0 Å². The third kappa shape index (κ3) is 5.89. The number of carbonyl (C=O) groups excluding carboxylic acids is 4. The van der Waals surface area contributed by atoms with E-state index in [4.69, 9.17) is 13.7 Å². The number of carbonyl (C=O) groups is 4. The van der Waals surface area contributed by atoms with E-state index >= 15 is 9.59 Å². The molecular weight excluding hydrogens is 705 g/mol. The lowest BCUT2D eigenvalue weighted by Crippen LogP contribution is -2.70. The van der Waals surface area contributed by atoms with E-state index in [1.165, 1.54) is 17.9 Å². The maximum atomic E-state index is 15.5. The first kappa shape index (κ1) is 37.3. The van der Waals surface area contributed by atoms with Crippen LogP contribution in [-0.2, 0) is 27.0 Å². The molecule has 13 heteroatoms. The molecule has 54 heavy (non-hydrogen) atoms. The quantitative estimate of drug-likeness (QED) is 0.149. The van der Waals surface area contributed by atoms with Gasteiger partial charge in [0.05, 0.1) is 28.9 Å². The number of hydrogen-bond donors (Lipinski definition) is 1. The van der Waals surface area contributed by atoms with Gasteiger partial charge in [0.2, 0.25) is 11.7 Å². The van der Waals surface area contributed by atoms with E-state index in [0.29, 0.717) is 16.9 Å². The van der Waals surface area contributed by atoms with Gasteiger partial charge in [0.1, 0.15) is 17.9 Å². The van der Waals surface area contributed by atoms with E-state index < -0.39 is 60.1 Å². The Morgan fingerprint density at radius 1 is 1.02 bits per heavy atom. The van der Waals surface area contributed by atoms with Crippen LogP contribution >= 0.6 is 0 Å². The van der Waals surface area contributed by atoms with Crippen molar-refractivity contribution in [3.63, 3.8) is 0 Å². The van der Waals surface area contributed by atoms with Gasteiger partial charge in [-0.15, -0.1) is 0 Å². The van der Waals surface area contributed by atoms with Crippen LogP contribution in [0.3, 0.4) is 0 Å². The molecule has 0 radical (unpaired) electrons. The van der Waals surface area contributed by atoms with Crippen molar-refractivity contribution in [3.05, 3.63) is 95.0 Å². The number of nitrogens with zero attached hydrogens (tertiary/aromatic N) is 4. The molecule has 2 heterocycles. The number of rotatable bonds is 8. The lowest BCUT2D eigenvalue weighted by atomic mass is 9.54. The summed E-state index contributed by atoms with van der Waals surface area (Å²) in [6.07, 6.45) is 3.64. The second-order valence-corrected chi connectivity index (χ2v) is 21.1. The minimum atomic E-state index is -2.93. The first-order valence-electron chi connectivity index (χ1n) is 18.2. The molecule has 2 aromatic carbocycles. The number of ether oxygens (including phenoxy) is 1. The highest BCUT2D eigenvalue weighted by Gasteiger charge is 2.70. The maximum Gasteiger partial charge on any atom is 0.265 e. The second kappa shape index (κ2) is 13.4. The van der Waals surface area contributed by atoms with Crippen molar-refractivity contribution in [3.8, 4) is 11.6 Å². The topological polar surface area (TPSA) is 152 Å². The normalized spacial score (nSPS) is 23.7. The number of anilines is 2. The Balaban J connectivity index is 1.36. The first-order chi connectivity index (χ1) is 25.5. The van der Waals surface area contributed by atoms with E-state index in [-0.39, 0.29) is 53.9 Å². The molecule has 4 aromatic rings. The number of Topliss-reactive ketones (excluding diaryl/α,β-unsaturated/α-hetero) is 3. The zero-order valence-corrected chi connectivity index (χ0v) is 32.9. The van der Waals surface area contributed by atoms with Crippen LogP contribution in [0.1, 0.15) is 77.8 Å². The van der Waals surface area contributed by atoms with E-state index in [1.807, 2.05) is 83.2 Å². The Bertz CT molecular complexity index is 2140. The lowest BCUT2D eigenvalue weighted by Gasteiger charge is -2.56. The van der Waals surface area contributed by atoms with Crippen LogP contribution in [0.4, 0.5) is 11.4 Å². The third-order valence-corrected chi connectivity index (χ3v) is 16.2. The van der Waals surface area contributed by atoms with Gasteiger partial charge in [-0.1, -0.05) is 51.1 Å². The number of amides is 1. The second-order valence-electron chi connectivity index (χ2n) is 16.4. The van der Waals surface area contributed by atoms with Crippen molar-refractivity contribution < 1.29 is 38.0 Å². The molecule has 0 saturated heterocycles. The minimum Gasteiger partial charge on any atom is -0.507 e. The summed E-state index contributed by atoms with van der Waals surface area (Å²) in [5.74, 6) is -4.75. The smallest absolute Gasteiger partial charge is 0.265 e. The Labute approximate surface area is 315 Å². The van der Waals surface area contributed by atoms with Crippen molar-refractivity contribution in [2.24, 2.45) is 17.8 Å². The molecular formula is C41H46N4O8Si. The standard InChI is InChI=1S/C41H46N4O8Si/c1-23(46)45(27-14-16-42-17-15-27)28-19-25-18-26-20-29-34(44(5)6)36-33(39(43-52-36)51-22-24-12-10-9-11-13-24)38(50)41(29,53-54(7,8)40(2,3)4)37(49)32(26)35(48)31(25)30(47)21-28/h9-17,19,21,26,29,32,34,47H,18,20,22H2,1-8H3/t26-,29-,32?,34-,41-/m0/s1. The van der Waals surface area contributed by atoms with Crippen molar-refractivity contribution in [2.75, 3.05) is 19.0 Å². The van der Waals surface area contributed by atoms with Crippen LogP contribution in [0.25, 0.3) is 0 Å². The van der Waals surface area contributed by atoms with Gasteiger partial charge in [-0.05, 0) is 85.5 Å². The zero-order valence-electron chi connectivity index (χ0n) is 31.9. The largest absolute Gasteiger partial charge is 0.507 e. The van der Waals surface area contributed by atoms with Crippen molar-refractivity contribution >= 4 is 42.9 Å². The van der Waals surface area contributed by atoms with Crippen molar-refractivity contribution in [2.45, 2.75) is 76.9 Å². The van der Waals surface area contributed by atoms with Crippen LogP contribution in [0.2, 0.25) is 18.1 Å². The summed E-state index contributed by atoms with van der Waals surface area (Å²) in [7, 11) is 0.780. The molecule has 1 unspecified atom stereocenters. The number of benzene rings is 2. The van der Waals surface area contributed by atoms with Gasteiger partial charge in [0.15, 0.2) is 31.2 Å². The molecule has 1 saturated carbocycles. The summed E-state index contributed by atoms with van der Waals surface area (Å²) >= 11 is 0.